The second-order valence-electron chi connectivity index (χ2n) is 5.13. The lowest BCUT2D eigenvalue weighted by molar-refractivity contribution is -0.328. The molecule has 1 saturated heterocycles. The van der Waals surface area contributed by atoms with Crippen molar-refractivity contribution in [3.63, 3.8) is 0 Å². The minimum atomic E-state index is -0.977. The Labute approximate surface area is 130 Å². The van der Waals surface area contributed by atoms with Gasteiger partial charge in [-0.3, -0.25) is 0 Å². The Morgan fingerprint density at radius 3 is 2.86 bits per heavy atom. The summed E-state index contributed by atoms with van der Waals surface area (Å²) in [5, 5.41) is 2.68. The fraction of sp³-hybridized carbons (Fsp3) is 0.562. The van der Waals surface area contributed by atoms with Crippen molar-refractivity contribution in [2.75, 3.05) is 20.3 Å². The smallest absolute Gasteiger partial charge is 0.407 e. The van der Waals surface area contributed by atoms with Crippen molar-refractivity contribution in [3.8, 4) is 0 Å². The highest BCUT2D eigenvalue weighted by Gasteiger charge is 2.41. The third-order valence-electron chi connectivity index (χ3n) is 3.39. The quantitative estimate of drug-likeness (QED) is 0.838. The first kappa shape index (κ1) is 16.7. The number of alkyl carbamates (subject to hydrolysis) is 1. The number of amides is 1. The molecule has 0 saturated carbocycles. The van der Waals surface area contributed by atoms with E-state index in [0.29, 0.717) is 19.6 Å². The molecule has 22 heavy (non-hydrogen) atoms. The summed E-state index contributed by atoms with van der Waals surface area (Å²) in [6, 6.07) is 9.52. The molecule has 6 heteroatoms. The number of hydrogen-bond donors (Lipinski definition) is 1. The maximum absolute atomic E-state index is 11.7. The van der Waals surface area contributed by atoms with Crippen molar-refractivity contribution >= 4 is 6.09 Å². The van der Waals surface area contributed by atoms with Crippen LogP contribution in [0.15, 0.2) is 30.3 Å². The zero-order valence-electron chi connectivity index (χ0n) is 13.0. The first-order valence-electron chi connectivity index (χ1n) is 7.49. The van der Waals surface area contributed by atoms with Crippen LogP contribution < -0.4 is 5.32 Å². The number of benzene rings is 1. The predicted molar refractivity (Wildman–Crippen MR) is 80.1 cm³/mol. The summed E-state index contributed by atoms with van der Waals surface area (Å²) in [7, 11) is 1.56. The molecule has 0 radical (unpaired) electrons. The Morgan fingerprint density at radius 1 is 1.41 bits per heavy atom. The minimum Gasteiger partial charge on any atom is -0.445 e. The Balaban J connectivity index is 1.69. The van der Waals surface area contributed by atoms with E-state index >= 15 is 0 Å². The van der Waals surface area contributed by atoms with Gasteiger partial charge in [0.05, 0.1) is 6.61 Å². The van der Waals surface area contributed by atoms with Gasteiger partial charge in [-0.25, -0.2) is 4.79 Å². The number of carbonyl (C=O) groups excluding carboxylic acids is 1. The molecule has 0 bridgehead atoms. The second-order valence-corrected chi connectivity index (χ2v) is 5.13. The summed E-state index contributed by atoms with van der Waals surface area (Å²) >= 11 is 0. The molecule has 1 fully saturated rings. The van der Waals surface area contributed by atoms with Gasteiger partial charge in [-0.15, -0.1) is 0 Å². The maximum Gasteiger partial charge on any atom is 0.407 e. The molecule has 0 aromatic heterocycles. The average Bonchev–Trinajstić information content (AvgIpc) is 2.96. The molecule has 2 atom stereocenters. The fourth-order valence-corrected chi connectivity index (χ4v) is 2.26. The number of methoxy groups -OCH3 is 1. The Kier molecular flexibility index (Phi) is 6.18. The van der Waals surface area contributed by atoms with Crippen molar-refractivity contribution < 1.29 is 23.7 Å². The first-order valence-corrected chi connectivity index (χ1v) is 7.49. The van der Waals surface area contributed by atoms with E-state index in [9.17, 15) is 4.79 Å². The highest BCUT2D eigenvalue weighted by Crippen LogP contribution is 2.28. The molecule has 1 N–H and O–H groups in total. The third-order valence-corrected chi connectivity index (χ3v) is 3.39. The molecule has 0 spiro atoms. The Morgan fingerprint density at radius 2 is 2.18 bits per heavy atom. The van der Waals surface area contributed by atoms with E-state index in [1.54, 1.807) is 7.11 Å². The zero-order valence-corrected chi connectivity index (χ0v) is 13.0. The molecule has 1 aliphatic heterocycles. The molecule has 1 aromatic rings. The van der Waals surface area contributed by atoms with Gasteiger partial charge in [0, 0.05) is 20.1 Å². The molecule has 1 aliphatic rings. The van der Waals surface area contributed by atoms with E-state index in [4.69, 9.17) is 18.9 Å². The fourth-order valence-electron chi connectivity index (χ4n) is 2.26. The molecular formula is C16H23NO5. The van der Waals surface area contributed by atoms with Gasteiger partial charge in [0.15, 0.2) is 0 Å². The molecule has 122 valence electrons. The summed E-state index contributed by atoms with van der Waals surface area (Å²) in [6.45, 7) is 2.97. The molecule has 1 heterocycles. The number of nitrogens with one attached hydrogen (secondary N) is 1. The summed E-state index contributed by atoms with van der Waals surface area (Å²) < 4.78 is 21.7. The van der Waals surface area contributed by atoms with Crippen molar-refractivity contribution in [1.82, 2.24) is 5.32 Å². The zero-order chi connectivity index (χ0) is 15.8. The van der Waals surface area contributed by atoms with Crippen LogP contribution in [0.25, 0.3) is 0 Å². The highest BCUT2D eigenvalue weighted by molar-refractivity contribution is 5.67. The average molecular weight is 309 g/mol. The van der Waals surface area contributed by atoms with Gasteiger partial charge in [0.25, 0.3) is 5.97 Å². The number of rotatable bonds is 7. The number of ether oxygens (including phenoxy) is 4. The first-order chi connectivity index (χ1) is 10.7. The predicted octanol–water partition coefficient (Wildman–Crippen LogP) is 2.43. The lowest BCUT2D eigenvalue weighted by atomic mass is 10.2. The van der Waals surface area contributed by atoms with Crippen LogP contribution in [0.1, 0.15) is 25.3 Å². The Bertz CT molecular complexity index is 467. The van der Waals surface area contributed by atoms with Gasteiger partial charge in [0.1, 0.15) is 12.7 Å². The molecule has 2 rings (SSSR count). The SMILES string of the molecule is CCC[C@]1(OC)OCC(CNC(=O)OCc2ccccc2)O1. The van der Waals surface area contributed by atoms with Crippen LogP contribution in [0.4, 0.5) is 4.79 Å². The third kappa shape index (κ3) is 4.69. The molecule has 0 aliphatic carbocycles. The molecule has 1 aromatic carbocycles. The van der Waals surface area contributed by atoms with Gasteiger partial charge >= 0.3 is 6.09 Å². The largest absolute Gasteiger partial charge is 0.445 e. The van der Waals surface area contributed by atoms with Crippen LogP contribution >= 0.6 is 0 Å². The maximum atomic E-state index is 11.7. The van der Waals surface area contributed by atoms with Gasteiger partial charge < -0.3 is 24.3 Å². The number of hydrogen-bond acceptors (Lipinski definition) is 5. The van der Waals surface area contributed by atoms with Crippen molar-refractivity contribution in [2.45, 2.75) is 38.4 Å². The summed E-state index contributed by atoms with van der Waals surface area (Å²) in [5.41, 5.74) is 0.944. The van der Waals surface area contributed by atoms with Crippen molar-refractivity contribution in [2.24, 2.45) is 0 Å². The molecule has 1 amide bonds. The van der Waals surface area contributed by atoms with E-state index in [0.717, 1.165) is 12.0 Å². The van der Waals surface area contributed by atoms with E-state index in [1.807, 2.05) is 37.3 Å². The standard InChI is InChI=1S/C16H23NO5/c1-3-9-16(19-2)21-12-14(22-16)10-17-15(18)20-11-13-7-5-4-6-8-13/h4-8,14H,3,9-12H2,1-2H3,(H,17,18)/t14?,16-/m0/s1. The molecule has 6 nitrogen and oxygen atoms in total. The van der Waals surface area contributed by atoms with Crippen LogP contribution in [0.5, 0.6) is 0 Å². The van der Waals surface area contributed by atoms with Crippen LogP contribution in [0.2, 0.25) is 0 Å². The van der Waals surface area contributed by atoms with Gasteiger partial charge in [0.2, 0.25) is 0 Å². The molecule has 1 unspecified atom stereocenters. The molecular weight excluding hydrogens is 286 g/mol. The van der Waals surface area contributed by atoms with Crippen LogP contribution in [0.3, 0.4) is 0 Å². The van der Waals surface area contributed by atoms with Gasteiger partial charge in [-0.2, -0.15) is 0 Å². The van der Waals surface area contributed by atoms with Gasteiger partial charge in [-0.1, -0.05) is 37.3 Å². The van der Waals surface area contributed by atoms with Crippen LogP contribution in [-0.2, 0) is 25.6 Å². The summed E-state index contributed by atoms with van der Waals surface area (Å²) in [5.74, 6) is -0.977. The van der Waals surface area contributed by atoms with E-state index < -0.39 is 12.1 Å². The lowest BCUT2D eigenvalue weighted by Crippen LogP contribution is -2.37. The Hall–Kier alpha value is -1.63. The summed E-state index contributed by atoms with van der Waals surface area (Å²) in [4.78, 5) is 11.7. The van der Waals surface area contributed by atoms with Gasteiger partial charge in [-0.05, 0) is 12.0 Å². The number of carbonyl (C=O) groups is 1. The monoisotopic (exact) mass is 309 g/mol. The van der Waals surface area contributed by atoms with E-state index in [1.165, 1.54) is 0 Å². The lowest BCUT2D eigenvalue weighted by Gasteiger charge is -2.25. The van der Waals surface area contributed by atoms with Crippen LogP contribution in [0, 0.1) is 0 Å². The minimum absolute atomic E-state index is 0.240. The highest BCUT2D eigenvalue weighted by atomic mass is 16.9. The van der Waals surface area contributed by atoms with Crippen molar-refractivity contribution in [3.05, 3.63) is 35.9 Å². The normalized spacial score (nSPS) is 24.2. The van der Waals surface area contributed by atoms with E-state index in [-0.39, 0.29) is 12.7 Å². The topological polar surface area (TPSA) is 66.0 Å². The van der Waals surface area contributed by atoms with Crippen molar-refractivity contribution in [1.29, 1.82) is 0 Å². The summed E-state index contributed by atoms with van der Waals surface area (Å²) in [6.07, 6.45) is 0.819. The second kappa shape index (κ2) is 8.12. The van der Waals surface area contributed by atoms with Crippen LogP contribution in [-0.4, -0.2) is 38.4 Å². The van der Waals surface area contributed by atoms with E-state index in [2.05, 4.69) is 5.32 Å².